The fourth-order valence-electron chi connectivity index (χ4n) is 1.37. The molecule has 0 atom stereocenters. The number of aliphatic imine (C=N–C) groups is 1. The Morgan fingerprint density at radius 1 is 1.40 bits per heavy atom. The van der Waals surface area contributed by atoms with Crippen LogP contribution in [0.5, 0.6) is 0 Å². The van der Waals surface area contributed by atoms with E-state index in [1.165, 1.54) is 5.39 Å². The van der Waals surface area contributed by atoms with Gasteiger partial charge < -0.3 is 9.88 Å². The number of nitrogens with zero attached hydrogens (tertiary/aromatic N) is 2. The molecule has 2 aromatic rings. The maximum Gasteiger partial charge on any atom is 0.0909 e. The largest absolute Gasteiger partial charge is 0.366 e. The first kappa shape index (κ1) is 9.77. The fourth-order valence-corrected chi connectivity index (χ4v) is 1.37. The number of H-pyrrole nitrogens is 1. The van der Waals surface area contributed by atoms with Crippen LogP contribution in [0.4, 0.5) is 5.69 Å². The van der Waals surface area contributed by atoms with Crippen LogP contribution >= 0.6 is 0 Å². The number of nitrogens with one attached hydrogen (secondary N) is 1. The predicted octanol–water partition coefficient (Wildman–Crippen LogP) is 2.78. The molecule has 0 fully saturated rings. The summed E-state index contributed by atoms with van der Waals surface area (Å²) < 4.78 is 0. The minimum atomic E-state index is 0.968. The van der Waals surface area contributed by atoms with E-state index >= 15 is 0 Å². The van der Waals surface area contributed by atoms with Crippen molar-refractivity contribution in [2.45, 2.75) is 6.92 Å². The fraction of sp³-hybridized carbons (Fsp3) is 0.250. The zero-order valence-electron chi connectivity index (χ0n) is 9.07. The second-order valence-corrected chi connectivity index (χ2v) is 3.57. The van der Waals surface area contributed by atoms with Crippen LogP contribution in [-0.4, -0.2) is 29.8 Å². The molecule has 0 aliphatic carbocycles. The van der Waals surface area contributed by atoms with Crippen molar-refractivity contribution in [3.05, 3.63) is 30.5 Å². The summed E-state index contributed by atoms with van der Waals surface area (Å²) in [5.41, 5.74) is 2.14. The molecule has 0 unspecified atom stereocenters. The number of aromatic amines is 1. The van der Waals surface area contributed by atoms with Crippen LogP contribution in [0.15, 0.2) is 35.5 Å². The molecule has 0 bridgehead atoms. The Morgan fingerprint density at radius 3 is 3.07 bits per heavy atom. The summed E-state index contributed by atoms with van der Waals surface area (Å²) >= 11 is 0. The quantitative estimate of drug-likeness (QED) is 0.601. The first-order valence-electron chi connectivity index (χ1n) is 5.11. The Labute approximate surface area is 89.4 Å². The zero-order valence-corrected chi connectivity index (χ0v) is 9.07. The van der Waals surface area contributed by atoms with Crippen LogP contribution < -0.4 is 0 Å². The van der Waals surface area contributed by atoms with E-state index in [-0.39, 0.29) is 0 Å². The molecule has 0 amide bonds. The molecule has 1 heterocycles. The lowest BCUT2D eigenvalue weighted by molar-refractivity contribution is 0.552. The third-order valence-corrected chi connectivity index (χ3v) is 2.44. The van der Waals surface area contributed by atoms with E-state index in [9.17, 15) is 0 Å². The monoisotopic (exact) mass is 201 g/mol. The van der Waals surface area contributed by atoms with E-state index in [4.69, 9.17) is 0 Å². The van der Waals surface area contributed by atoms with Crippen molar-refractivity contribution < 1.29 is 0 Å². The van der Waals surface area contributed by atoms with E-state index in [0.717, 1.165) is 17.7 Å². The normalized spacial score (nSPS) is 11.3. The molecule has 0 radical (unpaired) electrons. The van der Waals surface area contributed by atoms with Gasteiger partial charge in [0.2, 0.25) is 0 Å². The Hall–Kier alpha value is -1.77. The highest BCUT2D eigenvalue weighted by Gasteiger charge is 1.95. The second-order valence-electron chi connectivity index (χ2n) is 3.57. The lowest BCUT2D eigenvalue weighted by Gasteiger charge is -2.07. The van der Waals surface area contributed by atoms with E-state index in [0.29, 0.717) is 0 Å². The van der Waals surface area contributed by atoms with Crippen molar-refractivity contribution in [2.75, 3.05) is 13.6 Å². The highest BCUT2D eigenvalue weighted by molar-refractivity contribution is 5.83. The van der Waals surface area contributed by atoms with Gasteiger partial charge in [0.1, 0.15) is 0 Å². The van der Waals surface area contributed by atoms with Gasteiger partial charge in [-0.25, -0.2) is 4.99 Å². The number of hydrogen-bond acceptors (Lipinski definition) is 1. The van der Waals surface area contributed by atoms with Gasteiger partial charge in [0, 0.05) is 30.7 Å². The Kier molecular flexibility index (Phi) is 2.72. The van der Waals surface area contributed by atoms with Crippen molar-refractivity contribution in [1.29, 1.82) is 0 Å². The molecule has 2 rings (SSSR count). The van der Waals surface area contributed by atoms with Crippen molar-refractivity contribution in [1.82, 2.24) is 9.88 Å². The van der Waals surface area contributed by atoms with E-state index in [1.54, 1.807) is 0 Å². The first-order valence-corrected chi connectivity index (χ1v) is 5.11. The van der Waals surface area contributed by atoms with Crippen LogP contribution in [0.3, 0.4) is 0 Å². The maximum absolute atomic E-state index is 4.39. The Balaban J connectivity index is 2.24. The minimum Gasteiger partial charge on any atom is -0.366 e. The van der Waals surface area contributed by atoms with E-state index in [2.05, 4.69) is 29.0 Å². The molecule has 0 aliphatic rings. The van der Waals surface area contributed by atoms with Crippen LogP contribution in [0, 0.1) is 0 Å². The van der Waals surface area contributed by atoms with E-state index < -0.39 is 0 Å². The van der Waals surface area contributed by atoms with Gasteiger partial charge in [-0.1, -0.05) is 0 Å². The average Bonchev–Trinajstić information content (AvgIpc) is 2.72. The van der Waals surface area contributed by atoms with Gasteiger partial charge in [0.25, 0.3) is 0 Å². The number of rotatable bonds is 3. The summed E-state index contributed by atoms with van der Waals surface area (Å²) in [4.78, 5) is 9.60. The molecule has 0 saturated carbocycles. The highest BCUT2D eigenvalue weighted by atomic mass is 15.1. The van der Waals surface area contributed by atoms with Crippen LogP contribution in [0.25, 0.3) is 10.9 Å². The van der Waals surface area contributed by atoms with Crippen LogP contribution in [-0.2, 0) is 0 Å². The van der Waals surface area contributed by atoms with Crippen molar-refractivity contribution in [3.8, 4) is 0 Å². The summed E-state index contributed by atoms with van der Waals surface area (Å²) in [6, 6.07) is 8.19. The molecular weight excluding hydrogens is 186 g/mol. The van der Waals surface area contributed by atoms with E-state index in [1.807, 2.05) is 36.6 Å². The van der Waals surface area contributed by atoms with Gasteiger partial charge in [-0.2, -0.15) is 0 Å². The van der Waals surface area contributed by atoms with Crippen LogP contribution in [0.2, 0.25) is 0 Å². The molecule has 3 heteroatoms. The predicted molar refractivity (Wildman–Crippen MR) is 64.8 cm³/mol. The molecule has 1 N–H and O–H groups in total. The summed E-state index contributed by atoms with van der Waals surface area (Å²) in [5, 5.41) is 1.20. The topological polar surface area (TPSA) is 31.4 Å². The summed E-state index contributed by atoms with van der Waals surface area (Å²) in [5.74, 6) is 0. The molecule has 1 aromatic heterocycles. The molecule has 78 valence electrons. The number of benzene rings is 1. The molecule has 0 aliphatic heterocycles. The molecule has 1 aromatic carbocycles. The SMILES string of the molecule is CCN(C)C=Nc1ccc2[nH]ccc2c1. The third kappa shape index (κ3) is 2.18. The summed E-state index contributed by atoms with van der Waals surface area (Å²) in [7, 11) is 2.01. The number of aromatic nitrogens is 1. The van der Waals surface area contributed by atoms with Crippen molar-refractivity contribution in [3.63, 3.8) is 0 Å². The van der Waals surface area contributed by atoms with Gasteiger partial charge in [-0.3, -0.25) is 0 Å². The maximum atomic E-state index is 4.39. The highest BCUT2D eigenvalue weighted by Crippen LogP contribution is 2.19. The second kappa shape index (κ2) is 4.17. The number of hydrogen-bond donors (Lipinski definition) is 1. The van der Waals surface area contributed by atoms with Gasteiger partial charge in [-0.05, 0) is 31.2 Å². The smallest absolute Gasteiger partial charge is 0.0909 e. The molecule has 3 nitrogen and oxygen atoms in total. The lowest BCUT2D eigenvalue weighted by Crippen LogP contribution is -2.14. The van der Waals surface area contributed by atoms with Crippen molar-refractivity contribution in [2.24, 2.45) is 4.99 Å². The zero-order chi connectivity index (χ0) is 10.7. The van der Waals surface area contributed by atoms with Crippen LogP contribution in [0.1, 0.15) is 6.92 Å². The minimum absolute atomic E-state index is 0.968. The number of fused-ring (bicyclic) bond motifs is 1. The van der Waals surface area contributed by atoms with Gasteiger partial charge >= 0.3 is 0 Å². The summed E-state index contributed by atoms with van der Waals surface area (Å²) in [6.45, 7) is 3.07. The first-order chi connectivity index (χ1) is 7.29. The Bertz CT molecular complexity index is 470. The van der Waals surface area contributed by atoms with Crippen molar-refractivity contribution >= 4 is 22.9 Å². The molecular formula is C12H15N3. The average molecular weight is 201 g/mol. The standard InChI is InChI=1S/C12H15N3/c1-3-15(2)9-14-11-4-5-12-10(8-11)6-7-13-12/h4-9,13H,3H2,1-2H3. The molecule has 0 spiro atoms. The lowest BCUT2D eigenvalue weighted by atomic mass is 10.2. The molecule has 0 saturated heterocycles. The van der Waals surface area contributed by atoms with Gasteiger partial charge in [0.05, 0.1) is 12.0 Å². The summed E-state index contributed by atoms with van der Waals surface area (Å²) in [6.07, 6.45) is 3.80. The van der Waals surface area contributed by atoms with Gasteiger partial charge in [0.15, 0.2) is 0 Å². The Morgan fingerprint density at radius 2 is 2.27 bits per heavy atom. The van der Waals surface area contributed by atoms with Gasteiger partial charge in [-0.15, -0.1) is 0 Å². The third-order valence-electron chi connectivity index (χ3n) is 2.44. The molecule has 15 heavy (non-hydrogen) atoms.